The molecule has 0 atom stereocenters. The van der Waals surface area contributed by atoms with E-state index in [4.69, 9.17) is 14.2 Å². The molecule has 0 aliphatic carbocycles. The molecule has 3 rings (SSSR count). The number of ether oxygens (including phenoxy) is 3. The van der Waals surface area contributed by atoms with Crippen LogP contribution in [0, 0.1) is 0 Å². The van der Waals surface area contributed by atoms with Crippen molar-refractivity contribution in [2.24, 2.45) is 0 Å². The maximum absolute atomic E-state index is 5.32. The first-order valence-electron chi connectivity index (χ1n) is 8.14. The van der Waals surface area contributed by atoms with Crippen LogP contribution in [0.2, 0.25) is 0 Å². The third-order valence-corrected chi connectivity index (χ3v) is 11.0. The van der Waals surface area contributed by atoms with E-state index in [1.54, 1.807) is 21.3 Å². The molecule has 3 nitrogen and oxygen atoms in total. The smallest absolute Gasteiger partial charge is 0.181 e. The summed E-state index contributed by atoms with van der Waals surface area (Å²) in [5.74, 6) is 0.562. The Bertz CT molecular complexity index is 730. The van der Waals surface area contributed by atoms with Gasteiger partial charge < -0.3 is 14.2 Å². The van der Waals surface area contributed by atoms with E-state index in [1.807, 2.05) is 36.4 Å². The molecule has 0 aromatic heterocycles. The van der Waals surface area contributed by atoms with Gasteiger partial charge in [-0.1, -0.05) is 0 Å². The Balaban J connectivity index is 2.15. The maximum atomic E-state index is 5.32. The topological polar surface area (TPSA) is 27.7 Å². The molecule has 0 radical (unpaired) electrons. The van der Waals surface area contributed by atoms with Crippen molar-refractivity contribution >= 4 is 37.4 Å². The molecule has 0 amide bonds. The summed E-state index contributed by atoms with van der Waals surface area (Å²) in [6.45, 7) is 0. The van der Waals surface area contributed by atoms with Gasteiger partial charge in [0.2, 0.25) is 0 Å². The predicted molar refractivity (Wildman–Crippen MR) is 114 cm³/mol. The van der Waals surface area contributed by atoms with Gasteiger partial charge >= 0.3 is 0 Å². The van der Waals surface area contributed by atoms with E-state index in [0.29, 0.717) is 0 Å². The zero-order valence-corrected chi connectivity index (χ0v) is 17.5. The number of rotatable bonds is 6. The molecule has 0 saturated carbocycles. The summed E-state index contributed by atoms with van der Waals surface area (Å²) in [6.07, 6.45) is 0. The van der Waals surface area contributed by atoms with Crippen molar-refractivity contribution < 1.29 is 14.2 Å². The molecule has 0 saturated heterocycles. The van der Waals surface area contributed by atoms with Crippen molar-refractivity contribution in [3.05, 3.63) is 72.8 Å². The highest BCUT2D eigenvalue weighted by molar-refractivity contribution is 9.44. The highest BCUT2D eigenvalue weighted by Crippen LogP contribution is 2.63. The Morgan fingerprint density at radius 2 is 0.731 bits per heavy atom. The van der Waals surface area contributed by atoms with E-state index in [9.17, 15) is 0 Å². The van der Waals surface area contributed by atoms with Gasteiger partial charge in [0, 0.05) is 0 Å². The van der Waals surface area contributed by atoms with E-state index in [2.05, 4.69) is 51.9 Å². The fourth-order valence-corrected chi connectivity index (χ4v) is 7.51. The molecule has 0 spiro atoms. The molecule has 0 heterocycles. The molecule has 0 aliphatic rings. The van der Waals surface area contributed by atoms with E-state index < -0.39 is 5.96 Å². The van der Waals surface area contributed by atoms with Crippen LogP contribution in [0.4, 0.5) is 0 Å². The molecule has 0 fully saturated rings. The number of halogens is 1. The first kappa shape index (κ1) is 18.8. The van der Waals surface area contributed by atoms with Crippen LogP contribution < -0.4 is 30.1 Å². The van der Waals surface area contributed by atoms with E-state index in [1.165, 1.54) is 15.9 Å². The molecule has 0 aliphatic heterocycles. The molecule has 26 heavy (non-hydrogen) atoms. The summed E-state index contributed by atoms with van der Waals surface area (Å²) >= 11 is 4.14. The number of methoxy groups -OCH3 is 3. The fourth-order valence-electron chi connectivity index (χ4n) is 2.81. The van der Waals surface area contributed by atoms with Crippen molar-refractivity contribution in [1.29, 1.82) is 0 Å². The highest BCUT2D eigenvalue weighted by atomic mass is 79.9. The standard InChI is InChI=1S/C21H21BrO3P/c1-23-16-4-10-19(11-5-16)26(22,20-12-6-17(24-2)7-13-20)21-14-8-18(25-3)9-15-21/h4-15H,1-3H3/q+1. The van der Waals surface area contributed by atoms with Gasteiger partial charge in [0.15, 0.2) is 21.5 Å². The SMILES string of the molecule is COc1ccc([P+](Br)(c2ccc(OC)cc2)c2ccc(OC)cc2)cc1. The van der Waals surface area contributed by atoms with Gasteiger partial charge in [-0.3, -0.25) is 0 Å². The lowest BCUT2D eigenvalue weighted by Crippen LogP contribution is -2.26. The Hall–Kier alpha value is -2.03. The van der Waals surface area contributed by atoms with Crippen molar-refractivity contribution in [2.45, 2.75) is 0 Å². The molecule has 0 N–H and O–H groups in total. The third kappa shape index (κ3) is 3.58. The minimum Gasteiger partial charge on any atom is -0.497 e. The minimum atomic E-state index is -1.97. The van der Waals surface area contributed by atoms with E-state index in [0.717, 1.165) is 17.2 Å². The van der Waals surface area contributed by atoms with Crippen molar-refractivity contribution in [2.75, 3.05) is 21.3 Å². The minimum absolute atomic E-state index is 0.845. The second kappa shape index (κ2) is 8.11. The summed E-state index contributed by atoms with van der Waals surface area (Å²) in [5, 5.41) is 3.65. The predicted octanol–water partition coefficient (Wildman–Crippen LogP) is 4.32. The summed E-state index contributed by atoms with van der Waals surface area (Å²) < 4.78 is 16.0. The quantitative estimate of drug-likeness (QED) is 0.544. The summed E-state index contributed by atoms with van der Waals surface area (Å²) in [7, 11) is 5.04. The van der Waals surface area contributed by atoms with Crippen LogP contribution in [0.5, 0.6) is 17.2 Å². The number of hydrogen-bond donors (Lipinski definition) is 0. The summed E-state index contributed by atoms with van der Waals surface area (Å²) in [4.78, 5) is 0. The second-order valence-electron chi connectivity index (χ2n) is 5.68. The molecule has 3 aromatic carbocycles. The van der Waals surface area contributed by atoms with Crippen LogP contribution in [0.1, 0.15) is 0 Å². The first-order chi connectivity index (χ1) is 12.6. The first-order valence-corrected chi connectivity index (χ1v) is 11.9. The normalized spacial score (nSPS) is 11.1. The average molecular weight is 432 g/mol. The largest absolute Gasteiger partial charge is 0.497 e. The van der Waals surface area contributed by atoms with Gasteiger partial charge in [-0.05, 0) is 72.8 Å². The maximum Gasteiger partial charge on any atom is 0.181 e. The Morgan fingerprint density at radius 1 is 0.500 bits per heavy atom. The lowest BCUT2D eigenvalue weighted by molar-refractivity contribution is 0.415. The van der Waals surface area contributed by atoms with Crippen LogP contribution in [0.25, 0.3) is 0 Å². The van der Waals surface area contributed by atoms with Crippen LogP contribution in [0.3, 0.4) is 0 Å². The Labute approximate surface area is 163 Å². The molecular formula is C21H21BrO3P+. The molecular weight excluding hydrogens is 411 g/mol. The summed E-state index contributed by atoms with van der Waals surface area (Å²) in [6, 6.07) is 24.7. The molecule has 3 aromatic rings. The van der Waals surface area contributed by atoms with Gasteiger partial charge in [0.05, 0.1) is 21.3 Å². The van der Waals surface area contributed by atoms with Gasteiger partial charge in [-0.15, -0.1) is 0 Å². The fraction of sp³-hybridized carbons (Fsp3) is 0.143. The van der Waals surface area contributed by atoms with E-state index in [-0.39, 0.29) is 0 Å². The van der Waals surface area contributed by atoms with Crippen molar-refractivity contribution in [1.82, 2.24) is 0 Å². The van der Waals surface area contributed by atoms with Crippen LogP contribution in [-0.4, -0.2) is 21.3 Å². The van der Waals surface area contributed by atoms with Crippen LogP contribution in [0.15, 0.2) is 72.8 Å². The zero-order valence-electron chi connectivity index (χ0n) is 15.0. The lowest BCUT2D eigenvalue weighted by Gasteiger charge is -2.20. The zero-order chi connectivity index (χ0) is 18.6. The molecule has 0 bridgehead atoms. The average Bonchev–Trinajstić information content (AvgIpc) is 2.73. The van der Waals surface area contributed by atoms with Crippen LogP contribution >= 0.6 is 21.5 Å². The molecule has 0 unspecified atom stereocenters. The van der Waals surface area contributed by atoms with Gasteiger partial charge in [-0.2, -0.15) is 0 Å². The Morgan fingerprint density at radius 3 is 0.923 bits per heavy atom. The lowest BCUT2D eigenvalue weighted by atomic mass is 10.3. The number of benzene rings is 3. The molecule has 134 valence electrons. The van der Waals surface area contributed by atoms with Crippen molar-refractivity contribution in [3.63, 3.8) is 0 Å². The third-order valence-electron chi connectivity index (χ3n) is 4.28. The van der Waals surface area contributed by atoms with Crippen molar-refractivity contribution in [3.8, 4) is 17.2 Å². The monoisotopic (exact) mass is 431 g/mol. The van der Waals surface area contributed by atoms with Gasteiger partial charge in [0.1, 0.15) is 33.2 Å². The van der Waals surface area contributed by atoms with Gasteiger partial charge in [0.25, 0.3) is 0 Å². The summed E-state index contributed by atoms with van der Waals surface area (Å²) in [5.41, 5.74) is 0. The van der Waals surface area contributed by atoms with Gasteiger partial charge in [-0.25, -0.2) is 0 Å². The number of hydrogen-bond acceptors (Lipinski definition) is 3. The highest BCUT2D eigenvalue weighted by Gasteiger charge is 2.43. The molecule has 5 heteroatoms. The van der Waals surface area contributed by atoms with E-state index >= 15 is 0 Å². The second-order valence-corrected chi connectivity index (χ2v) is 11.6. The Kier molecular flexibility index (Phi) is 5.85. The van der Waals surface area contributed by atoms with Crippen LogP contribution in [-0.2, 0) is 0 Å².